The second-order valence-corrected chi connectivity index (χ2v) is 7.09. The molecule has 0 radical (unpaired) electrons. The highest BCUT2D eigenvalue weighted by Crippen LogP contribution is 2.21. The first-order chi connectivity index (χ1) is 7.94. The lowest BCUT2D eigenvalue weighted by Crippen LogP contribution is -2.43. The highest BCUT2D eigenvalue weighted by molar-refractivity contribution is 7.91. The van der Waals surface area contributed by atoms with E-state index >= 15 is 0 Å². The first-order valence-corrected chi connectivity index (χ1v) is 7.93. The summed E-state index contributed by atoms with van der Waals surface area (Å²) < 4.78 is 22.6. The molecular weight excluding hydrogens is 242 g/mol. The first kappa shape index (κ1) is 14.4. The SMILES string of the molecule is CCS(=O)(=O)CCCC1CCNC(C(=O)O)C1. The minimum Gasteiger partial charge on any atom is -0.480 e. The van der Waals surface area contributed by atoms with Gasteiger partial charge >= 0.3 is 5.97 Å². The minimum atomic E-state index is -2.88. The summed E-state index contributed by atoms with van der Waals surface area (Å²) in [5, 5.41) is 11.8. The summed E-state index contributed by atoms with van der Waals surface area (Å²) in [4.78, 5) is 10.8. The van der Waals surface area contributed by atoms with Gasteiger partial charge < -0.3 is 10.4 Å². The lowest BCUT2D eigenvalue weighted by atomic mass is 9.89. The third-order valence-corrected chi connectivity index (χ3v) is 5.11. The molecule has 0 aromatic carbocycles. The molecule has 0 bridgehead atoms. The summed E-state index contributed by atoms with van der Waals surface area (Å²) in [6.45, 7) is 2.36. The standard InChI is InChI=1S/C11H21NO4S/c1-2-17(15,16)7-3-4-9-5-6-12-10(8-9)11(13)14/h9-10,12H,2-8H2,1H3,(H,13,14). The number of carbonyl (C=O) groups is 1. The number of hydrogen-bond donors (Lipinski definition) is 2. The molecule has 6 heteroatoms. The Hall–Kier alpha value is -0.620. The monoisotopic (exact) mass is 263 g/mol. The molecule has 1 aliphatic heterocycles. The third-order valence-electron chi connectivity index (χ3n) is 3.32. The van der Waals surface area contributed by atoms with E-state index in [1.54, 1.807) is 6.92 Å². The minimum absolute atomic E-state index is 0.191. The van der Waals surface area contributed by atoms with Gasteiger partial charge in [-0.05, 0) is 38.1 Å². The predicted molar refractivity (Wildman–Crippen MR) is 65.7 cm³/mol. The van der Waals surface area contributed by atoms with Gasteiger partial charge in [0.2, 0.25) is 0 Å². The molecule has 1 fully saturated rings. The molecule has 1 saturated heterocycles. The fourth-order valence-corrected chi connectivity index (χ4v) is 3.08. The molecule has 1 rings (SSSR count). The van der Waals surface area contributed by atoms with Gasteiger partial charge in [-0.2, -0.15) is 0 Å². The summed E-state index contributed by atoms with van der Waals surface area (Å²) in [7, 11) is -2.88. The molecule has 2 N–H and O–H groups in total. The number of rotatable bonds is 6. The lowest BCUT2D eigenvalue weighted by molar-refractivity contribution is -0.140. The zero-order chi connectivity index (χ0) is 12.9. The largest absolute Gasteiger partial charge is 0.480 e. The summed E-state index contributed by atoms with van der Waals surface area (Å²) in [6.07, 6.45) is 3.01. The van der Waals surface area contributed by atoms with Crippen molar-refractivity contribution < 1.29 is 18.3 Å². The quantitative estimate of drug-likeness (QED) is 0.735. The number of hydrogen-bond acceptors (Lipinski definition) is 4. The maximum Gasteiger partial charge on any atom is 0.320 e. The molecule has 5 nitrogen and oxygen atoms in total. The number of nitrogens with one attached hydrogen (secondary N) is 1. The molecule has 1 heterocycles. The number of aliphatic carboxylic acids is 1. The molecule has 17 heavy (non-hydrogen) atoms. The van der Waals surface area contributed by atoms with Crippen molar-refractivity contribution in [3.63, 3.8) is 0 Å². The number of piperidine rings is 1. The van der Waals surface area contributed by atoms with E-state index in [1.807, 2.05) is 0 Å². The van der Waals surface area contributed by atoms with Crippen LogP contribution < -0.4 is 5.32 Å². The van der Waals surface area contributed by atoms with E-state index in [1.165, 1.54) is 0 Å². The van der Waals surface area contributed by atoms with E-state index in [9.17, 15) is 13.2 Å². The molecule has 0 aliphatic carbocycles. The Bertz CT molecular complexity index is 352. The highest BCUT2D eigenvalue weighted by Gasteiger charge is 2.26. The van der Waals surface area contributed by atoms with Crippen molar-refractivity contribution in [3.05, 3.63) is 0 Å². The number of sulfone groups is 1. The van der Waals surface area contributed by atoms with Crippen molar-refractivity contribution in [3.8, 4) is 0 Å². The smallest absolute Gasteiger partial charge is 0.320 e. The van der Waals surface area contributed by atoms with E-state index in [2.05, 4.69) is 5.32 Å². The first-order valence-electron chi connectivity index (χ1n) is 6.11. The Labute approximate surface area is 103 Å². The molecular formula is C11H21NO4S. The molecule has 100 valence electrons. The van der Waals surface area contributed by atoms with Crippen LogP contribution in [0.5, 0.6) is 0 Å². The molecule has 2 atom stereocenters. The number of carboxylic acids is 1. The fraction of sp³-hybridized carbons (Fsp3) is 0.909. The lowest BCUT2D eigenvalue weighted by Gasteiger charge is -2.27. The van der Waals surface area contributed by atoms with Gasteiger partial charge in [-0.15, -0.1) is 0 Å². The number of carboxylic acid groups (broad SMARTS) is 1. The fourth-order valence-electron chi connectivity index (χ4n) is 2.18. The van der Waals surface area contributed by atoms with Crippen LogP contribution in [0.3, 0.4) is 0 Å². The summed E-state index contributed by atoms with van der Waals surface area (Å²) in [5.74, 6) is -0.0532. The van der Waals surface area contributed by atoms with E-state index in [0.29, 0.717) is 25.3 Å². The van der Waals surface area contributed by atoms with Crippen LogP contribution in [0.1, 0.15) is 32.6 Å². The van der Waals surface area contributed by atoms with E-state index in [0.717, 1.165) is 12.8 Å². The van der Waals surface area contributed by atoms with Gasteiger partial charge in [0.05, 0.1) is 5.75 Å². The maximum atomic E-state index is 11.3. The molecule has 0 aromatic heterocycles. The van der Waals surface area contributed by atoms with Crippen molar-refractivity contribution in [2.24, 2.45) is 5.92 Å². The van der Waals surface area contributed by atoms with Crippen molar-refractivity contribution in [2.45, 2.75) is 38.6 Å². The molecule has 0 aromatic rings. The highest BCUT2D eigenvalue weighted by atomic mass is 32.2. The average Bonchev–Trinajstić information content (AvgIpc) is 2.29. The zero-order valence-corrected chi connectivity index (χ0v) is 11.0. The summed E-state index contributed by atoms with van der Waals surface area (Å²) >= 11 is 0. The van der Waals surface area contributed by atoms with Crippen molar-refractivity contribution >= 4 is 15.8 Å². The Morgan fingerprint density at radius 1 is 1.47 bits per heavy atom. The average molecular weight is 263 g/mol. The van der Waals surface area contributed by atoms with Gasteiger partial charge in [-0.25, -0.2) is 8.42 Å². The van der Waals surface area contributed by atoms with Crippen LogP contribution in [0, 0.1) is 5.92 Å². The summed E-state index contributed by atoms with van der Waals surface area (Å²) in [5.41, 5.74) is 0. The van der Waals surface area contributed by atoms with Gasteiger partial charge in [-0.3, -0.25) is 4.79 Å². The molecule has 2 unspecified atom stereocenters. The normalized spacial score (nSPS) is 25.7. The van der Waals surface area contributed by atoms with E-state index in [-0.39, 0.29) is 11.5 Å². The molecule has 1 aliphatic rings. The van der Waals surface area contributed by atoms with Gasteiger partial charge in [-0.1, -0.05) is 6.92 Å². The Kier molecular flexibility index (Phi) is 5.39. The van der Waals surface area contributed by atoms with Crippen LogP contribution >= 0.6 is 0 Å². The van der Waals surface area contributed by atoms with Crippen molar-refractivity contribution in [1.29, 1.82) is 0 Å². The summed E-state index contributed by atoms with van der Waals surface area (Å²) in [6, 6.07) is -0.462. The van der Waals surface area contributed by atoms with E-state index in [4.69, 9.17) is 5.11 Å². The van der Waals surface area contributed by atoms with Crippen LogP contribution in [-0.4, -0.2) is 43.6 Å². The van der Waals surface area contributed by atoms with Crippen molar-refractivity contribution in [1.82, 2.24) is 5.32 Å². The second-order valence-electron chi connectivity index (χ2n) is 4.61. The van der Waals surface area contributed by atoms with Crippen LogP contribution in [0.15, 0.2) is 0 Å². The molecule has 0 saturated carbocycles. The predicted octanol–water partition coefficient (Wildman–Crippen LogP) is 0.654. The van der Waals surface area contributed by atoms with Crippen LogP contribution in [0.2, 0.25) is 0 Å². The van der Waals surface area contributed by atoms with Crippen LogP contribution in [0.25, 0.3) is 0 Å². The van der Waals surface area contributed by atoms with Gasteiger partial charge in [0, 0.05) is 5.75 Å². The van der Waals surface area contributed by atoms with E-state index < -0.39 is 21.8 Å². The van der Waals surface area contributed by atoms with Gasteiger partial charge in [0.25, 0.3) is 0 Å². The van der Waals surface area contributed by atoms with Crippen LogP contribution in [-0.2, 0) is 14.6 Å². The topological polar surface area (TPSA) is 83.5 Å². The molecule has 0 spiro atoms. The maximum absolute atomic E-state index is 11.3. The van der Waals surface area contributed by atoms with Gasteiger partial charge in [0.1, 0.15) is 15.9 Å². The Balaban J connectivity index is 2.30. The van der Waals surface area contributed by atoms with Crippen LogP contribution in [0.4, 0.5) is 0 Å². The van der Waals surface area contributed by atoms with Gasteiger partial charge in [0.15, 0.2) is 0 Å². The Morgan fingerprint density at radius 3 is 2.76 bits per heavy atom. The zero-order valence-electron chi connectivity index (χ0n) is 10.2. The third kappa shape index (κ3) is 5.04. The Morgan fingerprint density at radius 2 is 2.18 bits per heavy atom. The molecule has 0 amide bonds. The van der Waals surface area contributed by atoms with Crippen molar-refractivity contribution in [2.75, 3.05) is 18.1 Å². The second kappa shape index (κ2) is 6.35.